The summed E-state index contributed by atoms with van der Waals surface area (Å²) in [5, 5.41) is 2.30. The fourth-order valence-electron chi connectivity index (χ4n) is 2.52. The zero-order valence-corrected chi connectivity index (χ0v) is 13.5. The number of amides is 1. The summed E-state index contributed by atoms with van der Waals surface area (Å²) in [5.74, 6) is -2.70. The minimum absolute atomic E-state index is 0.0298. The van der Waals surface area contributed by atoms with Gasteiger partial charge in [0.1, 0.15) is 5.82 Å². The molecule has 0 spiro atoms. The highest BCUT2D eigenvalue weighted by atomic mass is 32.2. The van der Waals surface area contributed by atoms with E-state index < -0.39 is 39.4 Å². The first kappa shape index (κ1) is 18.7. The van der Waals surface area contributed by atoms with Gasteiger partial charge in [0, 0.05) is 18.8 Å². The Bertz CT molecular complexity index is 734. The molecule has 134 valence electrons. The summed E-state index contributed by atoms with van der Waals surface area (Å²) in [4.78, 5) is 12.2. The van der Waals surface area contributed by atoms with Crippen LogP contribution in [0.25, 0.3) is 0 Å². The molecule has 0 aromatic heterocycles. The standard InChI is InChI=1S/C14H16F4N2O3S/c1-24(22,23)20-6-2-3-9(8-20)13(21)19-10-4-5-12(15)11(7-10)14(16,17)18/h4-5,7,9H,2-3,6,8H2,1H3,(H,19,21). The van der Waals surface area contributed by atoms with Gasteiger partial charge < -0.3 is 5.32 Å². The molecular weight excluding hydrogens is 352 g/mol. The van der Waals surface area contributed by atoms with Crippen molar-refractivity contribution in [2.75, 3.05) is 24.7 Å². The third-order valence-electron chi connectivity index (χ3n) is 3.76. The maximum atomic E-state index is 13.2. The van der Waals surface area contributed by atoms with Gasteiger partial charge in [0.15, 0.2) is 0 Å². The Labute approximate surface area is 136 Å². The first-order valence-electron chi connectivity index (χ1n) is 7.11. The van der Waals surface area contributed by atoms with Gasteiger partial charge in [0.2, 0.25) is 15.9 Å². The van der Waals surface area contributed by atoms with Gasteiger partial charge in [0.05, 0.1) is 17.7 Å². The Morgan fingerprint density at radius 3 is 2.58 bits per heavy atom. The van der Waals surface area contributed by atoms with E-state index in [-0.39, 0.29) is 12.2 Å². The van der Waals surface area contributed by atoms with Crippen LogP contribution in [0.5, 0.6) is 0 Å². The van der Waals surface area contributed by atoms with Crippen molar-refractivity contribution in [1.82, 2.24) is 4.31 Å². The van der Waals surface area contributed by atoms with Gasteiger partial charge in [-0.25, -0.2) is 17.1 Å². The average molecular weight is 368 g/mol. The van der Waals surface area contributed by atoms with Crippen LogP contribution in [-0.2, 0) is 21.0 Å². The summed E-state index contributed by atoms with van der Waals surface area (Å²) >= 11 is 0. The molecule has 1 N–H and O–H groups in total. The lowest BCUT2D eigenvalue weighted by Gasteiger charge is -2.30. The van der Waals surface area contributed by atoms with Gasteiger partial charge in [-0.15, -0.1) is 0 Å². The molecule has 2 rings (SSSR count). The molecular formula is C14H16F4N2O3S. The predicted molar refractivity (Wildman–Crippen MR) is 79.2 cm³/mol. The minimum Gasteiger partial charge on any atom is -0.326 e. The molecule has 1 aliphatic rings. The van der Waals surface area contributed by atoms with Crippen molar-refractivity contribution in [3.8, 4) is 0 Å². The van der Waals surface area contributed by atoms with Crippen LogP contribution >= 0.6 is 0 Å². The molecule has 0 aliphatic carbocycles. The number of hydrogen-bond donors (Lipinski definition) is 1. The van der Waals surface area contributed by atoms with Crippen LogP contribution in [-0.4, -0.2) is 38.0 Å². The number of piperidine rings is 1. The number of anilines is 1. The molecule has 10 heteroatoms. The average Bonchev–Trinajstić information content (AvgIpc) is 2.47. The molecule has 1 saturated heterocycles. The number of hydrogen-bond acceptors (Lipinski definition) is 3. The summed E-state index contributed by atoms with van der Waals surface area (Å²) in [6, 6.07) is 2.17. The summed E-state index contributed by atoms with van der Waals surface area (Å²) in [5.41, 5.74) is -1.66. The summed E-state index contributed by atoms with van der Waals surface area (Å²) in [6.07, 6.45) is -2.95. The van der Waals surface area contributed by atoms with E-state index in [9.17, 15) is 30.8 Å². The number of sulfonamides is 1. The second-order valence-corrected chi connectivity index (χ2v) is 7.62. The second kappa shape index (κ2) is 6.67. The van der Waals surface area contributed by atoms with E-state index in [0.717, 1.165) is 16.6 Å². The van der Waals surface area contributed by atoms with Crippen LogP contribution in [0, 0.1) is 11.7 Å². The lowest BCUT2D eigenvalue weighted by atomic mass is 9.98. The monoisotopic (exact) mass is 368 g/mol. The fourth-order valence-corrected chi connectivity index (χ4v) is 3.43. The molecule has 24 heavy (non-hydrogen) atoms. The highest BCUT2D eigenvalue weighted by Gasteiger charge is 2.35. The maximum Gasteiger partial charge on any atom is 0.419 e. The normalized spacial score (nSPS) is 20.0. The quantitative estimate of drug-likeness (QED) is 0.834. The summed E-state index contributed by atoms with van der Waals surface area (Å²) < 4.78 is 75.5. The van der Waals surface area contributed by atoms with Gasteiger partial charge in [-0.3, -0.25) is 4.79 Å². The largest absolute Gasteiger partial charge is 0.419 e. The van der Waals surface area contributed by atoms with E-state index in [2.05, 4.69) is 5.32 Å². The third-order valence-corrected chi connectivity index (χ3v) is 5.03. The SMILES string of the molecule is CS(=O)(=O)N1CCCC(C(=O)Nc2ccc(F)c(C(F)(F)F)c2)C1. The van der Waals surface area contributed by atoms with E-state index in [1.54, 1.807) is 0 Å². The molecule has 1 aromatic rings. The molecule has 5 nitrogen and oxygen atoms in total. The van der Waals surface area contributed by atoms with Gasteiger partial charge in [0.25, 0.3) is 0 Å². The molecule has 1 unspecified atom stereocenters. The van der Waals surface area contributed by atoms with Crippen molar-refractivity contribution in [2.24, 2.45) is 5.92 Å². The highest BCUT2D eigenvalue weighted by molar-refractivity contribution is 7.88. The van der Waals surface area contributed by atoms with Gasteiger partial charge in [-0.1, -0.05) is 0 Å². The van der Waals surface area contributed by atoms with E-state index in [1.807, 2.05) is 0 Å². The molecule has 1 amide bonds. The van der Waals surface area contributed by atoms with Gasteiger partial charge in [-0.05, 0) is 31.0 Å². The first-order chi connectivity index (χ1) is 11.0. The Hall–Kier alpha value is -1.68. The molecule has 0 radical (unpaired) electrons. The maximum absolute atomic E-state index is 13.2. The molecule has 0 saturated carbocycles. The molecule has 0 bridgehead atoms. The van der Waals surface area contributed by atoms with E-state index >= 15 is 0 Å². The smallest absolute Gasteiger partial charge is 0.326 e. The van der Waals surface area contributed by atoms with Crippen LogP contribution in [0.15, 0.2) is 18.2 Å². The zero-order valence-electron chi connectivity index (χ0n) is 12.7. The molecule has 1 fully saturated rings. The van der Waals surface area contributed by atoms with E-state index in [4.69, 9.17) is 0 Å². The lowest BCUT2D eigenvalue weighted by Crippen LogP contribution is -2.43. The Balaban J connectivity index is 2.12. The number of halogens is 4. The van der Waals surface area contributed by atoms with Crippen molar-refractivity contribution >= 4 is 21.6 Å². The Morgan fingerprint density at radius 1 is 1.33 bits per heavy atom. The molecule has 1 aliphatic heterocycles. The third kappa shape index (κ3) is 4.44. The number of nitrogens with zero attached hydrogens (tertiary/aromatic N) is 1. The molecule has 1 aromatic carbocycles. The van der Waals surface area contributed by atoms with Crippen molar-refractivity contribution < 1.29 is 30.8 Å². The van der Waals surface area contributed by atoms with E-state index in [1.165, 1.54) is 0 Å². The molecule has 1 atom stereocenters. The first-order valence-corrected chi connectivity index (χ1v) is 8.96. The number of alkyl halides is 3. The van der Waals surface area contributed by atoms with Crippen LogP contribution < -0.4 is 5.32 Å². The fraction of sp³-hybridized carbons (Fsp3) is 0.500. The van der Waals surface area contributed by atoms with Crippen molar-refractivity contribution in [3.63, 3.8) is 0 Å². The Morgan fingerprint density at radius 2 is 2.00 bits per heavy atom. The number of carbonyl (C=O) groups excluding carboxylic acids is 1. The van der Waals surface area contributed by atoms with Gasteiger partial charge in [-0.2, -0.15) is 13.2 Å². The van der Waals surface area contributed by atoms with Crippen LogP contribution in [0.2, 0.25) is 0 Å². The number of nitrogens with one attached hydrogen (secondary N) is 1. The van der Waals surface area contributed by atoms with Crippen LogP contribution in [0.3, 0.4) is 0 Å². The van der Waals surface area contributed by atoms with Crippen molar-refractivity contribution in [3.05, 3.63) is 29.6 Å². The van der Waals surface area contributed by atoms with Crippen molar-refractivity contribution in [1.29, 1.82) is 0 Å². The minimum atomic E-state index is -4.87. The number of carbonyl (C=O) groups is 1. The zero-order chi connectivity index (χ0) is 18.1. The number of benzene rings is 1. The van der Waals surface area contributed by atoms with Crippen LogP contribution in [0.4, 0.5) is 23.2 Å². The summed E-state index contributed by atoms with van der Waals surface area (Å²) in [6.45, 7) is 0.273. The van der Waals surface area contributed by atoms with E-state index in [0.29, 0.717) is 31.5 Å². The summed E-state index contributed by atoms with van der Waals surface area (Å²) in [7, 11) is -3.44. The number of rotatable bonds is 3. The van der Waals surface area contributed by atoms with Gasteiger partial charge >= 0.3 is 6.18 Å². The lowest BCUT2D eigenvalue weighted by molar-refractivity contribution is -0.140. The van der Waals surface area contributed by atoms with Crippen LogP contribution in [0.1, 0.15) is 18.4 Å². The van der Waals surface area contributed by atoms with Crippen molar-refractivity contribution in [2.45, 2.75) is 19.0 Å². The highest BCUT2D eigenvalue weighted by Crippen LogP contribution is 2.33. The second-order valence-electron chi connectivity index (χ2n) is 5.64. The predicted octanol–water partition coefficient (Wildman–Crippen LogP) is 2.45. The molecule has 1 heterocycles. The Kier molecular flexibility index (Phi) is 5.19. The topological polar surface area (TPSA) is 66.5 Å².